The first-order valence-electron chi connectivity index (χ1n) is 4.09. The lowest BCUT2D eigenvalue weighted by Crippen LogP contribution is -1.93. The standard InChI is InChI=1S/C10H15N/c1-3-4-9-6-5-8(2)7-10(9)11/h5-7H,3-4,11H2,1-2H3. The van der Waals surface area contributed by atoms with Gasteiger partial charge in [-0.25, -0.2) is 0 Å². The molecule has 0 fully saturated rings. The topological polar surface area (TPSA) is 26.0 Å². The number of nitrogen functional groups attached to an aromatic ring is 1. The van der Waals surface area contributed by atoms with Crippen molar-refractivity contribution in [3.63, 3.8) is 0 Å². The minimum absolute atomic E-state index is 0.937. The lowest BCUT2D eigenvalue weighted by atomic mass is 10.1. The van der Waals surface area contributed by atoms with E-state index in [9.17, 15) is 0 Å². The predicted molar refractivity (Wildman–Crippen MR) is 49.6 cm³/mol. The van der Waals surface area contributed by atoms with Crippen LogP contribution in [0.15, 0.2) is 18.2 Å². The summed E-state index contributed by atoms with van der Waals surface area (Å²) >= 11 is 0. The largest absolute Gasteiger partial charge is 0.398 e. The zero-order valence-corrected chi connectivity index (χ0v) is 7.22. The molecule has 0 aliphatic rings. The van der Waals surface area contributed by atoms with Crippen LogP contribution in [0.2, 0.25) is 0 Å². The molecule has 2 N–H and O–H groups in total. The van der Waals surface area contributed by atoms with Crippen LogP contribution in [0.3, 0.4) is 0 Å². The van der Waals surface area contributed by atoms with Crippen LogP contribution >= 0.6 is 0 Å². The van der Waals surface area contributed by atoms with Crippen molar-refractivity contribution in [2.75, 3.05) is 5.73 Å². The maximum atomic E-state index is 5.81. The van der Waals surface area contributed by atoms with Crippen LogP contribution in [0.1, 0.15) is 24.5 Å². The molecule has 0 unspecified atom stereocenters. The maximum Gasteiger partial charge on any atom is 0.0349 e. The molecule has 60 valence electrons. The molecule has 0 heterocycles. The minimum Gasteiger partial charge on any atom is -0.398 e. The maximum absolute atomic E-state index is 5.81. The second-order valence-electron chi connectivity index (χ2n) is 2.95. The third kappa shape index (κ3) is 1.97. The van der Waals surface area contributed by atoms with E-state index >= 15 is 0 Å². The highest BCUT2D eigenvalue weighted by Gasteiger charge is 1.96. The van der Waals surface area contributed by atoms with Gasteiger partial charge in [0, 0.05) is 5.69 Å². The van der Waals surface area contributed by atoms with Gasteiger partial charge in [-0.05, 0) is 30.5 Å². The Morgan fingerprint density at radius 2 is 2.09 bits per heavy atom. The zero-order valence-electron chi connectivity index (χ0n) is 7.22. The third-order valence-electron chi connectivity index (χ3n) is 1.82. The van der Waals surface area contributed by atoms with E-state index in [0.29, 0.717) is 0 Å². The van der Waals surface area contributed by atoms with E-state index < -0.39 is 0 Å². The Balaban J connectivity index is 2.90. The number of benzene rings is 1. The molecule has 1 aromatic carbocycles. The van der Waals surface area contributed by atoms with Crippen molar-refractivity contribution in [1.82, 2.24) is 0 Å². The van der Waals surface area contributed by atoms with Gasteiger partial charge >= 0.3 is 0 Å². The predicted octanol–water partition coefficient (Wildman–Crippen LogP) is 2.53. The van der Waals surface area contributed by atoms with Gasteiger partial charge in [0.2, 0.25) is 0 Å². The van der Waals surface area contributed by atoms with Crippen LogP contribution in [0.4, 0.5) is 5.69 Å². The average Bonchev–Trinajstić information content (AvgIpc) is 1.95. The number of nitrogens with two attached hydrogens (primary N) is 1. The highest BCUT2D eigenvalue weighted by atomic mass is 14.6. The van der Waals surface area contributed by atoms with Crippen molar-refractivity contribution in [1.29, 1.82) is 0 Å². The molecular formula is C10H15N. The van der Waals surface area contributed by atoms with Crippen molar-refractivity contribution in [3.8, 4) is 0 Å². The normalized spacial score (nSPS) is 10.0. The Morgan fingerprint density at radius 1 is 1.36 bits per heavy atom. The summed E-state index contributed by atoms with van der Waals surface area (Å²) in [4.78, 5) is 0. The highest BCUT2D eigenvalue weighted by Crippen LogP contribution is 2.14. The quantitative estimate of drug-likeness (QED) is 0.642. The molecule has 0 atom stereocenters. The van der Waals surface area contributed by atoms with Crippen LogP contribution < -0.4 is 5.73 Å². The molecule has 1 rings (SSSR count). The van der Waals surface area contributed by atoms with E-state index in [0.717, 1.165) is 18.5 Å². The van der Waals surface area contributed by atoms with E-state index in [2.05, 4.69) is 26.0 Å². The lowest BCUT2D eigenvalue weighted by molar-refractivity contribution is 0.924. The SMILES string of the molecule is CCCc1ccc(C)cc1N. The second-order valence-corrected chi connectivity index (χ2v) is 2.95. The fraction of sp³-hybridized carbons (Fsp3) is 0.400. The molecule has 0 amide bonds. The molecule has 11 heavy (non-hydrogen) atoms. The Bertz CT molecular complexity index is 241. The first-order valence-corrected chi connectivity index (χ1v) is 4.09. The van der Waals surface area contributed by atoms with Gasteiger partial charge in [0.15, 0.2) is 0 Å². The van der Waals surface area contributed by atoms with Crippen LogP contribution in [0.25, 0.3) is 0 Å². The number of anilines is 1. The lowest BCUT2D eigenvalue weighted by Gasteiger charge is -2.03. The van der Waals surface area contributed by atoms with Gasteiger partial charge in [-0.1, -0.05) is 25.5 Å². The molecule has 1 aromatic rings. The highest BCUT2D eigenvalue weighted by molar-refractivity contribution is 5.48. The van der Waals surface area contributed by atoms with Gasteiger partial charge in [-0.3, -0.25) is 0 Å². The molecular weight excluding hydrogens is 134 g/mol. The van der Waals surface area contributed by atoms with E-state index in [-0.39, 0.29) is 0 Å². The Labute approximate surface area is 68.2 Å². The van der Waals surface area contributed by atoms with Crippen molar-refractivity contribution in [2.24, 2.45) is 0 Å². The van der Waals surface area contributed by atoms with Crippen LogP contribution in [-0.4, -0.2) is 0 Å². The minimum atomic E-state index is 0.937. The van der Waals surface area contributed by atoms with Gasteiger partial charge in [-0.2, -0.15) is 0 Å². The number of hydrogen-bond acceptors (Lipinski definition) is 1. The van der Waals surface area contributed by atoms with Gasteiger partial charge in [0.05, 0.1) is 0 Å². The molecule has 0 saturated carbocycles. The summed E-state index contributed by atoms with van der Waals surface area (Å²) in [5.41, 5.74) is 9.26. The van der Waals surface area contributed by atoms with E-state index in [1.54, 1.807) is 0 Å². The molecule has 1 heteroatoms. The summed E-state index contributed by atoms with van der Waals surface area (Å²) in [6.07, 6.45) is 2.25. The summed E-state index contributed by atoms with van der Waals surface area (Å²) in [6.45, 7) is 4.23. The van der Waals surface area contributed by atoms with Crippen LogP contribution in [-0.2, 0) is 6.42 Å². The van der Waals surface area contributed by atoms with Crippen molar-refractivity contribution in [3.05, 3.63) is 29.3 Å². The molecule has 0 radical (unpaired) electrons. The Hall–Kier alpha value is -0.980. The average molecular weight is 149 g/mol. The zero-order chi connectivity index (χ0) is 8.27. The molecule has 1 nitrogen and oxygen atoms in total. The summed E-state index contributed by atoms with van der Waals surface area (Å²) in [7, 11) is 0. The molecule has 0 bridgehead atoms. The Kier molecular flexibility index (Phi) is 2.53. The summed E-state index contributed by atoms with van der Waals surface area (Å²) in [5, 5.41) is 0. The van der Waals surface area contributed by atoms with Gasteiger partial charge in [-0.15, -0.1) is 0 Å². The smallest absolute Gasteiger partial charge is 0.0349 e. The van der Waals surface area contributed by atoms with Gasteiger partial charge in [0.1, 0.15) is 0 Å². The fourth-order valence-electron chi connectivity index (χ4n) is 1.21. The summed E-state index contributed by atoms with van der Waals surface area (Å²) in [6, 6.07) is 6.26. The Morgan fingerprint density at radius 3 is 2.64 bits per heavy atom. The van der Waals surface area contributed by atoms with Gasteiger partial charge < -0.3 is 5.73 Å². The van der Waals surface area contributed by atoms with Crippen molar-refractivity contribution >= 4 is 5.69 Å². The molecule has 0 spiro atoms. The second kappa shape index (κ2) is 3.42. The first-order chi connectivity index (χ1) is 5.24. The number of aryl methyl sites for hydroxylation is 2. The molecule has 0 aliphatic heterocycles. The van der Waals surface area contributed by atoms with E-state index in [1.165, 1.54) is 11.1 Å². The van der Waals surface area contributed by atoms with Crippen LogP contribution in [0, 0.1) is 6.92 Å². The summed E-state index contributed by atoms with van der Waals surface area (Å²) in [5.74, 6) is 0. The first kappa shape index (κ1) is 8.12. The molecule has 0 aromatic heterocycles. The van der Waals surface area contributed by atoms with Crippen LogP contribution in [0.5, 0.6) is 0 Å². The monoisotopic (exact) mass is 149 g/mol. The van der Waals surface area contributed by atoms with Crippen molar-refractivity contribution < 1.29 is 0 Å². The molecule has 0 saturated heterocycles. The van der Waals surface area contributed by atoms with Gasteiger partial charge in [0.25, 0.3) is 0 Å². The number of rotatable bonds is 2. The molecule has 0 aliphatic carbocycles. The summed E-state index contributed by atoms with van der Waals surface area (Å²) < 4.78 is 0. The fourth-order valence-corrected chi connectivity index (χ4v) is 1.21. The van der Waals surface area contributed by atoms with Crippen molar-refractivity contribution in [2.45, 2.75) is 26.7 Å². The number of hydrogen-bond donors (Lipinski definition) is 1. The van der Waals surface area contributed by atoms with E-state index in [1.807, 2.05) is 6.07 Å². The van der Waals surface area contributed by atoms with E-state index in [4.69, 9.17) is 5.73 Å². The third-order valence-corrected chi connectivity index (χ3v) is 1.82.